The Balaban J connectivity index is 0. The maximum atomic E-state index is 11.9. The Kier molecular flexibility index (Phi) is 44.1. The summed E-state index contributed by atoms with van der Waals surface area (Å²) in [6.45, 7) is 6.98. The second-order valence-electron chi connectivity index (χ2n) is 15.4. The quantitative estimate of drug-likeness (QED) is 0.0411. The molecule has 0 unspecified atom stereocenters. The van der Waals surface area contributed by atoms with Crippen molar-refractivity contribution in [1.29, 1.82) is 0 Å². The number of unbranched alkanes of at least 4 members (excludes halogenated alkanes) is 14. The van der Waals surface area contributed by atoms with E-state index in [0.717, 1.165) is 57.9 Å². The zero-order valence-electron chi connectivity index (χ0n) is 38.1. The number of hydrogen-bond donors (Lipinski definition) is 7. The topological polar surface area (TPSA) is 265 Å². The van der Waals surface area contributed by atoms with Gasteiger partial charge in [0.1, 0.15) is 25.0 Å². The van der Waals surface area contributed by atoms with E-state index >= 15 is 0 Å². The number of likely N-dealkylation sites (N-methyl/N-ethyl adjacent to an activating group) is 1. The van der Waals surface area contributed by atoms with E-state index in [1.54, 1.807) is 6.92 Å². The first-order valence-electron chi connectivity index (χ1n) is 22.7. The molecule has 0 aromatic carbocycles. The summed E-state index contributed by atoms with van der Waals surface area (Å²) in [5.41, 5.74) is 0. The number of ether oxygens (including phenoxy) is 4. The monoisotopic (exact) mass is 891 g/mol. The third kappa shape index (κ3) is 47.3. The van der Waals surface area contributed by atoms with Crippen molar-refractivity contribution in [2.75, 3.05) is 79.5 Å². The zero-order chi connectivity index (χ0) is 46.5. The summed E-state index contributed by atoms with van der Waals surface area (Å²) in [5, 5.41) is 37.3. The molecular weight excluding hydrogens is 808 g/mol. The van der Waals surface area contributed by atoms with E-state index in [4.69, 9.17) is 34.3 Å². The standard InChI is InChI=1S/C24H43NO6.C20H39N3O8/c1-20(26)18-19-21(24(30)31)25-22(27)16-14-12-10-8-6-4-2-3-5-7-9-11-13-15-17-23(28)29;1-17(20(26)27)5-3-4-6-22-18(24)15-30-14-12-29-10-8-23-19(25)16-31-13-11-28-9-7-21-2/h21H,2-19H2,1H3,(H,25,27)(H,28,29)(H,30,31);17,21H,3-16H2,1-2H3,(H,22,24)(H,23,25)(H,26,27)/t21-;17-/m00/s1. The molecule has 0 aliphatic carbocycles. The normalized spacial score (nSPS) is 11.8. The lowest BCUT2D eigenvalue weighted by Gasteiger charge is -2.13. The van der Waals surface area contributed by atoms with Crippen molar-refractivity contribution >= 4 is 41.4 Å². The van der Waals surface area contributed by atoms with Crippen molar-refractivity contribution in [3.63, 3.8) is 0 Å². The van der Waals surface area contributed by atoms with Gasteiger partial charge in [0.15, 0.2) is 0 Å². The van der Waals surface area contributed by atoms with Crippen LogP contribution in [0.1, 0.15) is 149 Å². The molecule has 62 heavy (non-hydrogen) atoms. The fourth-order valence-electron chi connectivity index (χ4n) is 5.79. The molecule has 18 nitrogen and oxygen atoms in total. The van der Waals surface area contributed by atoms with E-state index in [0.29, 0.717) is 65.4 Å². The van der Waals surface area contributed by atoms with Crippen LogP contribution in [0, 0.1) is 5.92 Å². The number of carbonyl (C=O) groups is 7. The van der Waals surface area contributed by atoms with Crippen molar-refractivity contribution in [2.24, 2.45) is 5.92 Å². The van der Waals surface area contributed by atoms with E-state index in [9.17, 15) is 33.6 Å². The molecule has 0 aliphatic rings. The fraction of sp³-hybridized carbons (Fsp3) is 0.841. The van der Waals surface area contributed by atoms with E-state index < -0.39 is 23.9 Å². The molecule has 0 saturated carbocycles. The van der Waals surface area contributed by atoms with Crippen molar-refractivity contribution < 1.29 is 67.8 Å². The van der Waals surface area contributed by atoms with Gasteiger partial charge in [-0.25, -0.2) is 4.79 Å². The summed E-state index contributed by atoms with van der Waals surface area (Å²) >= 11 is 0. The van der Waals surface area contributed by atoms with E-state index in [1.165, 1.54) is 58.3 Å². The molecule has 0 radical (unpaired) electrons. The smallest absolute Gasteiger partial charge is 0.326 e. The first-order valence-corrected chi connectivity index (χ1v) is 22.7. The van der Waals surface area contributed by atoms with Gasteiger partial charge in [-0.05, 0) is 46.1 Å². The minimum Gasteiger partial charge on any atom is -0.481 e. The van der Waals surface area contributed by atoms with E-state index in [2.05, 4.69) is 21.3 Å². The number of rotatable bonds is 44. The van der Waals surface area contributed by atoms with E-state index in [1.807, 2.05) is 7.05 Å². The van der Waals surface area contributed by atoms with Crippen LogP contribution in [-0.2, 0) is 52.5 Å². The van der Waals surface area contributed by atoms with Crippen LogP contribution in [0.4, 0.5) is 0 Å². The van der Waals surface area contributed by atoms with Gasteiger partial charge in [0.25, 0.3) is 0 Å². The molecule has 7 N–H and O–H groups in total. The minimum atomic E-state index is -1.09. The van der Waals surface area contributed by atoms with Gasteiger partial charge in [0.2, 0.25) is 17.7 Å². The largest absolute Gasteiger partial charge is 0.481 e. The summed E-state index contributed by atoms with van der Waals surface area (Å²) in [6.07, 6.45) is 18.7. The van der Waals surface area contributed by atoms with Crippen LogP contribution < -0.4 is 21.3 Å². The third-order valence-electron chi connectivity index (χ3n) is 9.55. The first-order chi connectivity index (χ1) is 29.8. The number of carboxylic acids is 3. The highest BCUT2D eigenvalue weighted by Gasteiger charge is 2.20. The molecular formula is C44H82N4O14. The Morgan fingerprint density at radius 1 is 0.468 bits per heavy atom. The van der Waals surface area contributed by atoms with Gasteiger partial charge in [-0.15, -0.1) is 0 Å². The summed E-state index contributed by atoms with van der Waals surface area (Å²) < 4.78 is 21.0. The lowest BCUT2D eigenvalue weighted by molar-refractivity contribution is -0.142. The Hall–Kier alpha value is -3.71. The molecule has 0 rings (SSSR count). The number of aliphatic carboxylic acids is 3. The van der Waals surface area contributed by atoms with Crippen LogP contribution in [-0.4, -0.2) is 142 Å². The van der Waals surface area contributed by atoms with Crippen LogP contribution >= 0.6 is 0 Å². The second kappa shape index (κ2) is 45.3. The number of nitrogens with one attached hydrogen (secondary N) is 4. The summed E-state index contributed by atoms with van der Waals surface area (Å²) in [7, 11) is 1.85. The van der Waals surface area contributed by atoms with Crippen LogP contribution in [0.3, 0.4) is 0 Å². The molecule has 2 atom stereocenters. The van der Waals surface area contributed by atoms with Gasteiger partial charge >= 0.3 is 17.9 Å². The Labute approximate surface area is 370 Å². The number of amides is 3. The molecule has 0 aromatic rings. The van der Waals surface area contributed by atoms with Crippen molar-refractivity contribution in [3.8, 4) is 0 Å². The average molecular weight is 891 g/mol. The Morgan fingerprint density at radius 3 is 1.37 bits per heavy atom. The van der Waals surface area contributed by atoms with Gasteiger partial charge in [0, 0.05) is 38.9 Å². The fourth-order valence-corrected chi connectivity index (χ4v) is 5.79. The highest BCUT2D eigenvalue weighted by Crippen LogP contribution is 2.14. The van der Waals surface area contributed by atoms with Gasteiger partial charge in [-0.2, -0.15) is 0 Å². The van der Waals surface area contributed by atoms with Gasteiger partial charge in [-0.1, -0.05) is 90.4 Å². The minimum absolute atomic E-state index is 0.0216. The highest BCUT2D eigenvalue weighted by molar-refractivity contribution is 5.84. The maximum absolute atomic E-state index is 11.9. The summed E-state index contributed by atoms with van der Waals surface area (Å²) in [6, 6.07) is -0.978. The second-order valence-corrected chi connectivity index (χ2v) is 15.4. The van der Waals surface area contributed by atoms with Crippen LogP contribution in [0.25, 0.3) is 0 Å². The van der Waals surface area contributed by atoms with Crippen molar-refractivity contribution in [3.05, 3.63) is 0 Å². The summed E-state index contributed by atoms with van der Waals surface area (Å²) in [5.74, 6) is -3.71. The first kappa shape index (κ1) is 60.4. The maximum Gasteiger partial charge on any atom is 0.326 e. The van der Waals surface area contributed by atoms with E-state index in [-0.39, 0.29) is 62.1 Å². The van der Waals surface area contributed by atoms with Crippen LogP contribution in [0.2, 0.25) is 0 Å². The van der Waals surface area contributed by atoms with Gasteiger partial charge < -0.3 is 60.3 Å². The SMILES string of the molecule is CC(=O)CC[C@H](NC(=O)CCCCCCCCCCCCCCCCC(=O)O)C(=O)O.CNCCOCCOCC(=O)NCCOCCOCC(=O)NCCCC[C@H](C)C(=O)O. The molecule has 18 heteroatoms. The van der Waals surface area contributed by atoms with Crippen LogP contribution in [0.5, 0.6) is 0 Å². The predicted molar refractivity (Wildman–Crippen MR) is 235 cm³/mol. The number of hydrogen-bond acceptors (Lipinski definition) is 12. The molecule has 0 aromatic heterocycles. The Bertz CT molecular complexity index is 1180. The molecule has 0 spiro atoms. The molecule has 0 saturated heterocycles. The molecule has 3 amide bonds. The lowest BCUT2D eigenvalue weighted by Crippen LogP contribution is -2.40. The van der Waals surface area contributed by atoms with Gasteiger partial charge in [-0.3, -0.25) is 24.0 Å². The zero-order valence-corrected chi connectivity index (χ0v) is 38.1. The number of carboxylic acid groups (broad SMARTS) is 3. The Morgan fingerprint density at radius 2 is 0.919 bits per heavy atom. The third-order valence-corrected chi connectivity index (χ3v) is 9.55. The number of ketones is 1. The van der Waals surface area contributed by atoms with Gasteiger partial charge in [0.05, 0.1) is 45.6 Å². The molecule has 362 valence electrons. The van der Waals surface area contributed by atoms with Crippen molar-refractivity contribution in [2.45, 2.75) is 155 Å². The van der Waals surface area contributed by atoms with Crippen LogP contribution in [0.15, 0.2) is 0 Å². The molecule has 0 fully saturated rings. The average Bonchev–Trinajstić information content (AvgIpc) is 3.22. The number of Topliss-reactive ketones (excluding diaryl/α,β-unsaturated/α-hetero) is 1. The van der Waals surface area contributed by atoms with Crippen molar-refractivity contribution in [1.82, 2.24) is 21.3 Å². The lowest BCUT2D eigenvalue weighted by atomic mass is 10.0. The predicted octanol–water partition coefficient (Wildman–Crippen LogP) is 4.65. The summed E-state index contributed by atoms with van der Waals surface area (Å²) in [4.78, 5) is 78.2. The highest BCUT2D eigenvalue weighted by atomic mass is 16.5. The molecule has 0 aliphatic heterocycles. The number of carbonyl (C=O) groups excluding carboxylic acids is 4. The molecule has 0 heterocycles. The molecule has 0 bridgehead atoms.